The first kappa shape index (κ1) is 11.0. The van der Waals surface area contributed by atoms with E-state index in [4.69, 9.17) is 5.11 Å². The van der Waals surface area contributed by atoms with Crippen molar-refractivity contribution in [1.82, 2.24) is 9.88 Å². The quantitative estimate of drug-likeness (QED) is 0.851. The van der Waals surface area contributed by atoms with Gasteiger partial charge in [-0.2, -0.15) is 0 Å². The average Bonchev–Trinajstić information content (AvgIpc) is 2.69. The zero-order valence-corrected chi connectivity index (χ0v) is 9.96. The summed E-state index contributed by atoms with van der Waals surface area (Å²) in [5.41, 5.74) is 0.813. The fourth-order valence-corrected chi connectivity index (χ4v) is 2.98. The number of thiazole rings is 1. The first-order valence-corrected chi connectivity index (χ1v) is 6.42. The Balaban J connectivity index is 1.95. The van der Waals surface area contributed by atoms with Gasteiger partial charge >= 0.3 is 0 Å². The maximum Gasteiger partial charge on any atom is 0.0944 e. The standard InChI is InChI=1S/C11H18N2OS/c1-13-5-3-2-4-10(13)6-11-12-9(7-14)8-15-11/h8,10,14H,2-7H2,1H3. The lowest BCUT2D eigenvalue weighted by Crippen LogP contribution is -2.37. The molecule has 3 nitrogen and oxygen atoms in total. The van der Waals surface area contributed by atoms with Crippen LogP contribution in [0.2, 0.25) is 0 Å². The van der Waals surface area contributed by atoms with Gasteiger partial charge in [-0.25, -0.2) is 4.98 Å². The lowest BCUT2D eigenvalue weighted by molar-refractivity contribution is 0.184. The molecule has 1 aliphatic rings. The Bertz CT molecular complexity index is 313. The molecule has 1 atom stereocenters. The zero-order valence-electron chi connectivity index (χ0n) is 9.15. The Hall–Kier alpha value is -0.450. The lowest BCUT2D eigenvalue weighted by Gasteiger charge is -2.31. The molecule has 0 aromatic carbocycles. The van der Waals surface area contributed by atoms with Gasteiger partial charge in [-0.05, 0) is 26.4 Å². The van der Waals surface area contributed by atoms with E-state index in [1.807, 2.05) is 5.38 Å². The molecule has 2 rings (SSSR count). The highest BCUT2D eigenvalue weighted by atomic mass is 32.1. The third kappa shape index (κ3) is 2.77. The van der Waals surface area contributed by atoms with Crippen LogP contribution in [-0.4, -0.2) is 34.6 Å². The molecule has 1 unspecified atom stereocenters. The molecule has 0 radical (unpaired) electrons. The van der Waals surface area contributed by atoms with Gasteiger partial charge in [0.15, 0.2) is 0 Å². The summed E-state index contributed by atoms with van der Waals surface area (Å²) in [6, 6.07) is 0.649. The van der Waals surface area contributed by atoms with Gasteiger partial charge in [0.2, 0.25) is 0 Å². The highest BCUT2D eigenvalue weighted by Gasteiger charge is 2.20. The summed E-state index contributed by atoms with van der Waals surface area (Å²) in [4.78, 5) is 6.83. The summed E-state index contributed by atoms with van der Waals surface area (Å²) in [5.74, 6) is 0. The van der Waals surface area contributed by atoms with E-state index < -0.39 is 0 Å². The molecule has 0 spiro atoms. The number of likely N-dealkylation sites (tertiary alicyclic amines) is 1. The second-order valence-electron chi connectivity index (χ2n) is 4.23. The van der Waals surface area contributed by atoms with E-state index in [9.17, 15) is 0 Å². The molecule has 1 aromatic heterocycles. The Labute approximate surface area is 94.8 Å². The van der Waals surface area contributed by atoms with Crippen LogP contribution in [0.5, 0.6) is 0 Å². The van der Waals surface area contributed by atoms with Crippen molar-refractivity contribution in [1.29, 1.82) is 0 Å². The van der Waals surface area contributed by atoms with Crippen molar-refractivity contribution in [2.45, 2.75) is 38.3 Å². The van der Waals surface area contributed by atoms with Crippen LogP contribution in [0.25, 0.3) is 0 Å². The van der Waals surface area contributed by atoms with Gasteiger partial charge in [0.05, 0.1) is 17.3 Å². The van der Waals surface area contributed by atoms with Crippen LogP contribution in [0, 0.1) is 0 Å². The van der Waals surface area contributed by atoms with Crippen molar-refractivity contribution in [3.63, 3.8) is 0 Å². The Morgan fingerprint density at radius 2 is 2.47 bits per heavy atom. The third-order valence-electron chi connectivity index (χ3n) is 3.09. The molecule has 4 heteroatoms. The predicted molar refractivity (Wildman–Crippen MR) is 62.0 cm³/mol. The molecule has 2 heterocycles. The second-order valence-corrected chi connectivity index (χ2v) is 5.17. The summed E-state index contributed by atoms with van der Waals surface area (Å²) < 4.78 is 0. The minimum absolute atomic E-state index is 0.0665. The summed E-state index contributed by atoms with van der Waals surface area (Å²) in [5, 5.41) is 12.1. The van der Waals surface area contributed by atoms with Gasteiger partial charge in [0, 0.05) is 17.8 Å². The number of piperidine rings is 1. The fourth-order valence-electron chi connectivity index (χ4n) is 2.12. The van der Waals surface area contributed by atoms with Crippen LogP contribution < -0.4 is 0 Å². The number of aliphatic hydroxyl groups excluding tert-OH is 1. The van der Waals surface area contributed by atoms with Crippen molar-refractivity contribution in [3.8, 4) is 0 Å². The van der Waals surface area contributed by atoms with E-state index in [0.29, 0.717) is 6.04 Å². The van der Waals surface area contributed by atoms with Crippen LogP contribution in [0.15, 0.2) is 5.38 Å². The summed E-state index contributed by atoms with van der Waals surface area (Å²) >= 11 is 1.67. The SMILES string of the molecule is CN1CCCCC1Cc1nc(CO)cs1. The molecule has 0 saturated carbocycles. The Morgan fingerprint density at radius 1 is 1.60 bits per heavy atom. The van der Waals surface area contributed by atoms with E-state index in [2.05, 4.69) is 16.9 Å². The van der Waals surface area contributed by atoms with Gasteiger partial charge in [0.25, 0.3) is 0 Å². The Kier molecular flexibility index (Phi) is 3.72. The van der Waals surface area contributed by atoms with Gasteiger partial charge in [0.1, 0.15) is 0 Å². The van der Waals surface area contributed by atoms with Crippen molar-refractivity contribution < 1.29 is 5.11 Å². The molecule has 1 saturated heterocycles. The summed E-state index contributed by atoms with van der Waals surface area (Å²) in [7, 11) is 2.20. The molecule has 1 aromatic rings. The number of hydrogen-bond acceptors (Lipinski definition) is 4. The summed E-state index contributed by atoms with van der Waals surface area (Å²) in [6.07, 6.45) is 4.99. The van der Waals surface area contributed by atoms with Crippen LogP contribution in [0.3, 0.4) is 0 Å². The zero-order chi connectivity index (χ0) is 10.7. The number of hydrogen-bond donors (Lipinski definition) is 1. The smallest absolute Gasteiger partial charge is 0.0944 e. The first-order chi connectivity index (χ1) is 7.29. The number of nitrogens with zero attached hydrogens (tertiary/aromatic N) is 2. The molecule has 84 valence electrons. The van der Waals surface area contributed by atoms with Crippen molar-refractivity contribution >= 4 is 11.3 Å². The highest BCUT2D eigenvalue weighted by molar-refractivity contribution is 7.09. The maximum atomic E-state index is 8.94. The van der Waals surface area contributed by atoms with Crippen molar-refractivity contribution in [2.75, 3.05) is 13.6 Å². The van der Waals surface area contributed by atoms with Gasteiger partial charge < -0.3 is 10.0 Å². The van der Waals surface area contributed by atoms with E-state index in [-0.39, 0.29) is 6.61 Å². The highest BCUT2D eigenvalue weighted by Crippen LogP contribution is 2.20. The van der Waals surface area contributed by atoms with Crippen LogP contribution >= 0.6 is 11.3 Å². The number of aliphatic hydroxyl groups is 1. The van der Waals surface area contributed by atoms with E-state index in [1.54, 1.807) is 11.3 Å². The molecule has 1 N–H and O–H groups in total. The molecular weight excluding hydrogens is 208 g/mol. The molecular formula is C11H18N2OS. The monoisotopic (exact) mass is 226 g/mol. The van der Waals surface area contributed by atoms with Gasteiger partial charge in [-0.3, -0.25) is 0 Å². The van der Waals surface area contributed by atoms with E-state index >= 15 is 0 Å². The first-order valence-electron chi connectivity index (χ1n) is 5.54. The molecule has 0 bridgehead atoms. The molecule has 0 aliphatic carbocycles. The topological polar surface area (TPSA) is 36.4 Å². The largest absolute Gasteiger partial charge is 0.390 e. The minimum atomic E-state index is 0.0665. The minimum Gasteiger partial charge on any atom is -0.390 e. The van der Waals surface area contributed by atoms with Crippen LogP contribution in [-0.2, 0) is 13.0 Å². The van der Waals surface area contributed by atoms with Crippen molar-refractivity contribution in [2.24, 2.45) is 0 Å². The molecule has 15 heavy (non-hydrogen) atoms. The maximum absolute atomic E-state index is 8.94. The third-order valence-corrected chi connectivity index (χ3v) is 4.01. The number of rotatable bonds is 3. The number of aromatic nitrogens is 1. The second kappa shape index (κ2) is 5.05. The van der Waals surface area contributed by atoms with Gasteiger partial charge in [-0.1, -0.05) is 6.42 Å². The summed E-state index contributed by atoms with van der Waals surface area (Å²) in [6.45, 7) is 1.28. The Morgan fingerprint density at radius 3 is 3.13 bits per heavy atom. The van der Waals surface area contributed by atoms with Gasteiger partial charge in [-0.15, -0.1) is 11.3 Å². The molecule has 1 aliphatic heterocycles. The molecule has 1 fully saturated rings. The predicted octanol–water partition coefficient (Wildman–Crippen LogP) is 1.66. The van der Waals surface area contributed by atoms with E-state index in [0.717, 1.165) is 17.1 Å². The van der Waals surface area contributed by atoms with Crippen molar-refractivity contribution in [3.05, 3.63) is 16.1 Å². The van der Waals surface area contributed by atoms with Crippen LogP contribution in [0.4, 0.5) is 0 Å². The number of likely N-dealkylation sites (N-methyl/N-ethyl adjacent to an activating group) is 1. The molecule has 0 amide bonds. The van der Waals surface area contributed by atoms with E-state index in [1.165, 1.54) is 25.8 Å². The normalized spacial score (nSPS) is 23.2. The van der Waals surface area contributed by atoms with Crippen LogP contribution in [0.1, 0.15) is 30.0 Å². The lowest BCUT2D eigenvalue weighted by atomic mass is 10.0. The fraction of sp³-hybridized carbons (Fsp3) is 0.727. The average molecular weight is 226 g/mol.